The average molecular weight is 376 g/mol. The maximum Gasteiger partial charge on any atom is 0.288 e. The Kier molecular flexibility index (Phi) is 5.88. The van der Waals surface area contributed by atoms with Crippen molar-refractivity contribution in [2.24, 2.45) is 0 Å². The summed E-state index contributed by atoms with van der Waals surface area (Å²) < 4.78 is 24.6. The first kappa shape index (κ1) is 18.4. The van der Waals surface area contributed by atoms with Crippen LogP contribution in [0, 0.1) is 0 Å². The highest BCUT2D eigenvalue weighted by Crippen LogP contribution is 2.26. The van der Waals surface area contributed by atoms with Gasteiger partial charge in [0.25, 0.3) is 5.76 Å². The molecule has 0 radical (unpaired) electrons. The molecule has 0 aliphatic carbocycles. The van der Waals surface area contributed by atoms with Crippen molar-refractivity contribution in [3.8, 4) is 0 Å². The van der Waals surface area contributed by atoms with E-state index in [0.717, 1.165) is 24.2 Å². The first-order chi connectivity index (χ1) is 12.5. The summed E-state index contributed by atoms with van der Waals surface area (Å²) in [7, 11) is 0. The highest BCUT2D eigenvalue weighted by Gasteiger charge is 2.21. The fourth-order valence-corrected chi connectivity index (χ4v) is 3.32. The van der Waals surface area contributed by atoms with Crippen molar-refractivity contribution in [3.05, 3.63) is 54.1 Å². The van der Waals surface area contributed by atoms with E-state index in [-0.39, 0.29) is 18.2 Å². The van der Waals surface area contributed by atoms with E-state index >= 15 is 0 Å². The molecule has 0 unspecified atom stereocenters. The lowest BCUT2D eigenvalue weighted by atomic mass is 10.1. The topological polar surface area (TPSA) is 49.4 Å². The van der Waals surface area contributed by atoms with Crippen molar-refractivity contribution >= 4 is 35.0 Å². The maximum atomic E-state index is 12.3. The number of hydrogen-bond donors (Lipinski definition) is 1. The third-order valence-corrected chi connectivity index (χ3v) is 4.77. The second-order valence-electron chi connectivity index (χ2n) is 5.94. The van der Waals surface area contributed by atoms with Gasteiger partial charge in [-0.2, -0.15) is 8.78 Å². The van der Waals surface area contributed by atoms with Crippen molar-refractivity contribution in [3.63, 3.8) is 0 Å². The minimum Gasteiger partial charge on any atom is -0.326 e. The van der Waals surface area contributed by atoms with Gasteiger partial charge in [-0.05, 0) is 48.4 Å². The smallest absolute Gasteiger partial charge is 0.288 e. The Balaban J connectivity index is 1.55. The Morgan fingerprint density at radius 2 is 1.81 bits per heavy atom. The average Bonchev–Trinajstić information content (AvgIpc) is 3.03. The molecule has 2 aromatic carbocycles. The van der Waals surface area contributed by atoms with E-state index in [4.69, 9.17) is 0 Å². The zero-order valence-electron chi connectivity index (χ0n) is 14.0. The van der Waals surface area contributed by atoms with E-state index in [2.05, 4.69) is 5.32 Å². The Morgan fingerprint density at radius 3 is 2.38 bits per heavy atom. The van der Waals surface area contributed by atoms with Crippen LogP contribution < -0.4 is 10.2 Å². The lowest BCUT2D eigenvalue weighted by molar-refractivity contribution is -0.117. The number of carbonyl (C=O) groups excluding carboxylic acids is 2. The van der Waals surface area contributed by atoms with Crippen molar-refractivity contribution in [1.82, 2.24) is 0 Å². The zero-order valence-corrected chi connectivity index (χ0v) is 14.8. The van der Waals surface area contributed by atoms with Crippen LogP contribution in [0.4, 0.5) is 20.2 Å². The summed E-state index contributed by atoms with van der Waals surface area (Å²) in [5.74, 6) is -2.53. The fraction of sp³-hybridized carbons (Fsp3) is 0.263. The van der Waals surface area contributed by atoms with Crippen LogP contribution >= 0.6 is 11.8 Å². The molecule has 7 heteroatoms. The van der Waals surface area contributed by atoms with Crippen LogP contribution in [0.1, 0.15) is 18.4 Å². The maximum absolute atomic E-state index is 12.3. The normalized spacial score (nSPS) is 14.1. The highest BCUT2D eigenvalue weighted by atomic mass is 32.2. The van der Waals surface area contributed by atoms with Crippen LogP contribution in [0.3, 0.4) is 0 Å². The summed E-state index contributed by atoms with van der Waals surface area (Å²) >= 11 is 0.466. The number of thioether (sulfide) groups is 1. The summed E-state index contributed by atoms with van der Waals surface area (Å²) in [6.45, 7) is 0.735. The third-order valence-electron chi connectivity index (χ3n) is 4.05. The fourth-order valence-electron chi connectivity index (χ4n) is 2.83. The molecule has 0 aromatic heterocycles. The third kappa shape index (κ3) is 4.82. The molecule has 1 N–H and O–H groups in total. The van der Waals surface area contributed by atoms with E-state index in [1.54, 1.807) is 29.2 Å². The minimum atomic E-state index is -2.46. The predicted molar refractivity (Wildman–Crippen MR) is 98.7 cm³/mol. The van der Waals surface area contributed by atoms with Crippen molar-refractivity contribution < 1.29 is 18.4 Å². The summed E-state index contributed by atoms with van der Waals surface area (Å²) in [6.07, 6.45) is 1.65. The highest BCUT2D eigenvalue weighted by molar-refractivity contribution is 7.99. The molecule has 1 saturated heterocycles. The number of nitrogens with one attached hydrogen (secondary N) is 1. The first-order valence-electron chi connectivity index (χ1n) is 8.25. The quantitative estimate of drug-likeness (QED) is 0.765. The van der Waals surface area contributed by atoms with Crippen LogP contribution in [0.25, 0.3) is 0 Å². The summed E-state index contributed by atoms with van der Waals surface area (Å²) in [4.78, 5) is 26.1. The predicted octanol–water partition coefficient (Wildman–Crippen LogP) is 4.31. The molecule has 1 aliphatic rings. The molecule has 1 fully saturated rings. The second kappa shape index (κ2) is 8.31. The summed E-state index contributed by atoms with van der Waals surface area (Å²) in [5, 5.41) is 2.75. The lowest BCUT2D eigenvalue weighted by Crippen LogP contribution is -2.23. The van der Waals surface area contributed by atoms with Gasteiger partial charge in [-0.15, -0.1) is 0 Å². The number of carbonyl (C=O) groups is 2. The molecular weight excluding hydrogens is 358 g/mol. The zero-order chi connectivity index (χ0) is 18.5. The molecule has 0 spiro atoms. The number of nitrogens with zero attached hydrogens (tertiary/aromatic N) is 1. The van der Waals surface area contributed by atoms with Crippen molar-refractivity contribution in [2.75, 3.05) is 16.8 Å². The monoisotopic (exact) mass is 376 g/mol. The summed E-state index contributed by atoms with van der Waals surface area (Å²) in [5.41, 5.74) is 2.25. The summed E-state index contributed by atoms with van der Waals surface area (Å²) in [6, 6.07) is 13.7. The Morgan fingerprint density at radius 1 is 1.12 bits per heavy atom. The standard InChI is InChI=1S/C19H18F2N2O2S/c20-19(21)26-16-9-5-14(6-10-16)22-17(24)12-13-3-7-15(8-4-13)23-11-1-2-18(23)25/h3-10,19H,1-2,11-12H2,(H,22,24). The lowest BCUT2D eigenvalue weighted by Gasteiger charge is -2.15. The van der Waals surface area contributed by atoms with Gasteiger partial charge in [-0.1, -0.05) is 23.9 Å². The number of alkyl halides is 2. The van der Waals surface area contributed by atoms with Gasteiger partial charge in [0.2, 0.25) is 11.8 Å². The molecule has 0 atom stereocenters. The van der Waals surface area contributed by atoms with Crippen LogP contribution in [0.5, 0.6) is 0 Å². The molecule has 1 aliphatic heterocycles. The minimum absolute atomic E-state index is 0.129. The van der Waals surface area contributed by atoms with Gasteiger partial charge in [0.1, 0.15) is 0 Å². The number of benzene rings is 2. The van der Waals surface area contributed by atoms with Crippen LogP contribution in [-0.2, 0) is 16.0 Å². The van der Waals surface area contributed by atoms with E-state index in [0.29, 0.717) is 28.8 Å². The van der Waals surface area contributed by atoms with Crippen molar-refractivity contribution in [2.45, 2.75) is 29.9 Å². The van der Waals surface area contributed by atoms with Gasteiger partial charge in [0.05, 0.1) is 6.42 Å². The van der Waals surface area contributed by atoms with Gasteiger partial charge < -0.3 is 10.2 Å². The molecule has 3 rings (SSSR count). The van der Waals surface area contributed by atoms with Crippen LogP contribution in [-0.4, -0.2) is 24.1 Å². The SMILES string of the molecule is O=C(Cc1ccc(N2CCCC2=O)cc1)Nc1ccc(SC(F)F)cc1. The molecule has 1 heterocycles. The van der Waals surface area contributed by atoms with Crippen LogP contribution in [0.15, 0.2) is 53.4 Å². The largest absolute Gasteiger partial charge is 0.326 e. The van der Waals surface area contributed by atoms with E-state index in [1.165, 1.54) is 0 Å². The molecule has 0 saturated carbocycles. The Labute approximate surface area is 154 Å². The number of hydrogen-bond acceptors (Lipinski definition) is 3. The Hall–Kier alpha value is -2.41. The second-order valence-corrected chi connectivity index (χ2v) is 7.01. The number of rotatable bonds is 6. The van der Waals surface area contributed by atoms with E-state index < -0.39 is 5.76 Å². The molecule has 0 bridgehead atoms. The molecule has 2 aromatic rings. The van der Waals surface area contributed by atoms with Gasteiger partial charge >= 0.3 is 0 Å². The van der Waals surface area contributed by atoms with Gasteiger partial charge in [0.15, 0.2) is 0 Å². The van der Waals surface area contributed by atoms with Gasteiger partial charge in [-0.3, -0.25) is 9.59 Å². The van der Waals surface area contributed by atoms with E-state index in [9.17, 15) is 18.4 Å². The number of anilines is 2. The van der Waals surface area contributed by atoms with Gasteiger partial charge in [-0.25, -0.2) is 0 Å². The van der Waals surface area contributed by atoms with Gasteiger partial charge in [0, 0.05) is 29.2 Å². The molecular formula is C19H18F2N2O2S. The Bertz CT molecular complexity index is 779. The van der Waals surface area contributed by atoms with Crippen LogP contribution in [0.2, 0.25) is 0 Å². The van der Waals surface area contributed by atoms with Crippen molar-refractivity contribution in [1.29, 1.82) is 0 Å². The molecule has 4 nitrogen and oxygen atoms in total. The number of amides is 2. The molecule has 26 heavy (non-hydrogen) atoms. The van der Waals surface area contributed by atoms with E-state index in [1.807, 2.05) is 24.3 Å². The number of halogens is 2. The molecule has 136 valence electrons. The first-order valence-corrected chi connectivity index (χ1v) is 9.13. The molecule has 2 amide bonds.